The molecule has 1 saturated carbocycles. The van der Waals surface area contributed by atoms with Gasteiger partial charge in [-0.1, -0.05) is 48.5 Å². The molecule has 0 aliphatic heterocycles. The van der Waals surface area contributed by atoms with Crippen LogP contribution in [0, 0.1) is 13.8 Å². The van der Waals surface area contributed by atoms with Crippen molar-refractivity contribution in [2.24, 2.45) is 0 Å². The number of aryl methyl sites for hydroxylation is 2. The Morgan fingerprint density at radius 3 is 1.61 bits per heavy atom. The minimum Gasteiger partial charge on any atom is -0.289 e. The SMILES string of the molecule is Cc1ccccc1/C=C1/CCC/C(=C/c2ccccc2C)C1=O. The maximum absolute atomic E-state index is 12.8. The quantitative estimate of drug-likeness (QED) is 0.667. The van der Waals surface area contributed by atoms with E-state index in [0.29, 0.717) is 0 Å². The lowest BCUT2D eigenvalue weighted by Gasteiger charge is -2.17. The average molecular weight is 302 g/mol. The molecule has 0 bridgehead atoms. The number of hydrogen-bond donors (Lipinski definition) is 0. The molecule has 3 rings (SSSR count). The summed E-state index contributed by atoms with van der Waals surface area (Å²) >= 11 is 0. The molecule has 116 valence electrons. The Morgan fingerprint density at radius 2 is 1.17 bits per heavy atom. The summed E-state index contributed by atoms with van der Waals surface area (Å²) in [5.74, 6) is 0.211. The molecule has 1 aliphatic carbocycles. The van der Waals surface area contributed by atoms with Gasteiger partial charge in [0.1, 0.15) is 0 Å². The molecular weight excluding hydrogens is 280 g/mol. The van der Waals surface area contributed by atoms with Gasteiger partial charge < -0.3 is 0 Å². The Labute approximate surface area is 138 Å². The van der Waals surface area contributed by atoms with Crippen molar-refractivity contribution in [3.63, 3.8) is 0 Å². The number of allylic oxidation sites excluding steroid dienone is 2. The van der Waals surface area contributed by atoms with E-state index in [4.69, 9.17) is 0 Å². The molecule has 1 fully saturated rings. The van der Waals surface area contributed by atoms with Crippen LogP contribution in [0.2, 0.25) is 0 Å². The Morgan fingerprint density at radius 1 is 0.739 bits per heavy atom. The summed E-state index contributed by atoms with van der Waals surface area (Å²) in [6.07, 6.45) is 6.93. The molecule has 2 aromatic rings. The lowest BCUT2D eigenvalue weighted by atomic mass is 9.86. The summed E-state index contributed by atoms with van der Waals surface area (Å²) in [7, 11) is 0. The number of carbonyl (C=O) groups is 1. The second-order valence-electron chi connectivity index (χ2n) is 6.24. The van der Waals surface area contributed by atoms with Gasteiger partial charge in [0.05, 0.1) is 0 Å². The van der Waals surface area contributed by atoms with E-state index in [2.05, 4.69) is 50.3 Å². The number of Topliss-reactive ketones (excluding diaryl/α,β-unsaturated/α-hetero) is 1. The third-order valence-electron chi connectivity index (χ3n) is 4.51. The molecule has 0 amide bonds. The molecule has 0 heterocycles. The van der Waals surface area contributed by atoms with Crippen LogP contribution in [0.25, 0.3) is 12.2 Å². The normalized spacial score (nSPS) is 18.6. The molecule has 1 aliphatic rings. The van der Waals surface area contributed by atoms with E-state index in [0.717, 1.165) is 41.5 Å². The first-order valence-electron chi connectivity index (χ1n) is 8.22. The van der Waals surface area contributed by atoms with E-state index in [-0.39, 0.29) is 5.78 Å². The fraction of sp³-hybridized carbons (Fsp3) is 0.227. The molecule has 0 saturated heterocycles. The van der Waals surface area contributed by atoms with E-state index in [1.54, 1.807) is 0 Å². The highest BCUT2D eigenvalue weighted by Crippen LogP contribution is 2.29. The van der Waals surface area contributed by atoms with Crippen LogP contribution >= 0.6 is 0 Å². The van der Waals surface area contributed by atoms with Gasteiger partial charge in [-0.05, 0) is 67.5 Å². The van der Waals surface area contributed by atoms with Gasteiger partial charge in [0, 0.05) is 11.1 Å². The predicted molar refractivity (Wildman–Crippen MR) is 97.2 cm³/mol. The second-order valence-corrected chi connectivity index (χ2v) is 6.24. The van der Waals surface area contributed by atoms with Crippen LogP contribution in [0.1, 0.15) is 41.5 Å². The fourth-order valence-electron chi connectivity index (χ4n) is 3.05. The van der Waals surface area contributed by atoms with E-state index in [9.17, 15) is 4.79 Å². The van der Waals surface area contributed by atoms with E-state index in [1.165, 1.54) is 11.1 Å². The maximum Gasteiger partial charge on any atom is 0.185 e. The first-order valence-corrected chi connectivity index (χ1v) is 8.22. The molecular formula is C22H22O. The number of carbonyl (C=O) groups excluding carboxylic acids is 1. The smallest absolute Gasteiger partial charge is 0.185 e. The second kappa shape index (κ2) is 6.78. The van der Waals surface area contributed by atoms with Crippen molar-refractivity contribution in [1.29, 1.82) is 0 Å². The fourth-order valence-corrected chi connectivity index (χ4v) is 3.05. The molecule has 0 atom stereocenters. The summed E-state index contributed by atoms with van der Waals surface area (Å²) in [4.78, 5) is 12.8. The Balaban J connectivity index is 1.93. The minimum atomic E-state index is 0.211. The third kappa shape index (κ3) is 3.50. The van der Waals surface area contributed by atoms with Crippen molar-refractivity contribution >= 4 is 17.9 Å². The molecule has 2 aromatic carbocycles. The number of benzene rings is 2. The lowest BCUT2D eigenvalue weighted by molar-refractivity contribution is -0.112. The average Bonchev–Trinajstić information content (AvgIpc) is 2.55. The van der Waals surface area contributed by atoms with Crippen LogP contribution in [0.5, 0.6) is 0 Å². The van der Waals surface area contributed by atoms with E-state index < -0.39 is 0 Å². The molecule has 1 heteroatoms. The van der Waals surface area contributed by atoms with Gasteiger partial charge in [0.2, 0.25) is 0 Å². The summed E-state index contributed by atoms with van der Waals surface area (Å²) in [6, 6.07) is 16.4. The number of hydrogen-bond acceptors (Lipinski definition) is 1. The van der Waals surface area contributed by atoms with Gasteiger partial charge in [-0.3, -0.25) is 4.79 Å². The van der Waals surface area contributed by atoms with Gasteiger partial charge in [-0.25, -0.2) is 0 Å². The Bertz CT molecular complexity index is 728. The topological polar surface area (TPSA) is 17.1 Å². The minimum absolute atomic E-state index is 0.211. The molecule has 23 heavy (non-hydrogen) atoms. The standard InChI is InChI=1S/C22H22O/c1-16-8-3-5-10-18(16)14-20-12-7-13-21(22(20)23)15-19-11-6-4-9-17(19)2/h3-6,8-11,14-15H,7,12-13H2,1-2H3/b20-14-,21-15-. The zero-order chi connectivity index (χ0) is 16.2. The highest BCUT2D eigenvalue weighted by molar-refractivity contribution is 6.14. The van der Waals surface area contributed by atoms with Crippen LogP contribution < -0.4 is 0 Å². The largest absolute Gasteiger partial charge is 0.289 e. The van der Waals surface area contributed by atoms with E-state index in [1.807, 2.05) is 24.3 Å². The van der Waals surface area contributed by atoms with Gasteiger partial charge in [-0.2, -0.15) is 0 Å². The molecule has 0 N–H and O–H groups in total. The molecule has 0 radical (unpaired) electrons. The summed E-state index contributed by atoms with van der Waals surface area (Å²) in [5.41, 5.74) is 6.59. The Kier molecular flexibility index (Phi) is 4.57. The highest BCUT2D eigenvalue weighted by Gasteiger charge is 2.20. The van der Waals surface area contributed by atoms with Gasteiger partial charge in [-0.15, -0.1) is 0 Å². The van der Waals surface area contributed by atoms with Gasteiger partial charge in [0.25, 0.3) is 0 Å². The van der Waals surface area contributed by atoms with Crippen molar-refractivity contribution in [3.05, 3.63) is 81.9 Å². The van der Waals surface area contributed by atoms with Crippen LogP contribution in [0.15, 0.2) is 59.7 Å². The zero-order valence-electron chi connectivity index (χ0n) is 13.8. The van der Waals surface area contributed by atoms with Crippen LogP contribution in [-0.2, 0) is 4.79 Å². The third-order valence-corrected chi connectivity index (χ3v) is 4.51. The van der Waals surface area contributed by atoms with Crippen molar-refractivity contribution < 1.29 is 4.79 Å². The number of ketones is 1. The zero-order valence-corrected chi connectivity index (χ0v) is 13.8. The van der Waals surface area contributed by atoms with Crippen molar-refractivity contribution in [2.75, 3.05) is 0 Å². The highest BCUT2D eigenvalue weighted by atomic mass is 16.1. The molecule has 1 nitrogen and oxygen atoms in total. The lowest BCUT2D eigenvalue weighted by Crippen LogP contribution is -2.12. The maximum atomic E-state index is 12.8. The van der Waals surface area contributed by atoms with E-state index >= 15 is 0 Å². The molecule has 0 unspecified atom stereocenters. The van der Waals surface area contributed by atoms with Crippen molar-refractivity contribution in [2.45, 2.75) is 33.1 Å². The summed E-state index contributed by atoms with van der Waals surface area (Å²) in [6.45, 7) is 4.17. The Hall–Kier alpha value is -2.41. The van der Waals surface area contributed by atoms with Crippen LogP contribution in [-0.4, -0.2) is 5.78 Å². The van der Waals surface area contributed by atoms with Crippen LogP contribution in [0.4, 0.5) is 0 Å². The van der Waals surface area contributed by atoms with Crippen molar-refractivity contribution in [3.8, 4) is 0 Å². The first-order chi connectivity index (χ1) is 11.1. The molecule has 0 spiro atoms. The number of rotatable bonds is 2. The van der Waals surface area contributed by atoms with Gasteiger partial charge >= 0.3 is 0 Å². The van der Waals surface area contributed by atoms with Crippen molar-refractivity contribution in [1.82, 2.24) is 0 Å². The first kappa shape index (κ1) is 15.5. The summed E-state index contributed by atoms with van der Waals surface area (Å²) < 4.78 is 0. The van der Waals surface area contributed by atoms with Gasteiger partial charge in [0.15, 0.2) is 5.78 Å². The predicted octanol–water partition coefficient (Wildman–Crippen LogP) is 5.52. The van der Waals surface area contributed by atoms with Crippen LogP contribution in [0.3, 0.4) is 0 Å². The summed E-state index contributed by atoms with van der Waals surface area (Å²) in [5, 5.41) is 0. The molecule has 0 aromatic heterocycles. The monoisotopic (exact) mass is 302 g/mol.